The van der Waals surface area contributed by atoms with Crippen molar-refractivity contribution < 1.29 is 24.0 Å². The maximum atomic E-state index is 12.8. The lowest BCUT2D eigenvalue weighted by Gasteiger charge is -2.23. The van der Waals surface area contributed by atoms with Crippen LogP contribution in [0.1, 0.15) is 23.6 Å². The average molecular weight is 429 g/mol. The number of carbonyl (C=O) groups is 2. The lowest BCUT2D eigenvalue weighted by Crippen LogP contribution is -3.11. The van der Waals surface area contributed by atoms with Gasteiger partial charge in [0.05, 0.1) is 21.3 Å². The molecule has 7 nitrogen and oxygen atoms in total. The molecule has 0 aliphatic heterocycles. The summed E-state index contributed by atoms with van der Waals surface area (Å²) in [6.45, 7) is 7.44. The van der Waals surface area contributed by atoms with Crippen LogP contribution in [-0.2, 0) is 16.1 Å². The van der Waals surface area contributed by atoms with Gasteiger partial charge in [-0.2, -0.15) is 0 Å². The SMILES string of the molecule is CCN(Cc1ccc(OC)c(OC)c1)C(=O)C[NH+](C)CC(=O)Nc1cccc(C)c1C. The lowest BCUT2D eigenvalue weighted by atomic mass is 10.1. The Bertz CT molecular complexity index is 914. The highest BCUT2D eigenvalue weighted by molar-refractivity contribution is 5.92. The first-order valence-corrected chi connectivity index (χ1v) is 10.4. The highest BCUT2D eigenvalue weighted by Crippen LogP contribution is 2.28. The topological polar surface area (TPSA) is 72.3 Å². The summed E-state index contributed by atoms with van der Waals surface area (Å²) in [5.74, 6) is 1.17. The van der Waals surface area contributed by atoms with Crippen LogP contribution in [0.25, 0.3) is 0 Å². The van der Waals surface area contributed by atoms with Gasteiger partial charge >= 0.3 is 0 Å². The molecule has 0 saturated heterocycles. The molecule has 0 heterocycles. The summed E-state index contributed by atoms with van der Waals surface area (Å²) in [6.07, 6.45) is 0. The van der Waals surface area contributed by atoms with Gasteiger partial charge in [-0.25, -0.2) is 0 Å². The number of rotatable bonds is 10. The minimum atomic E-state index is -0.109. The fourth-order valence-corrected chi connectivity index (χ4v) is 3.36. The quantitative estimate of drug-likeness (QED) is 0.606. The monoisotopic (exact) mass is 428 g/mol. The van der Waals surface area contributed by atoms with Crippen LogP contribution in [0.3, 0.4) is 0 Å². The predicted molar refractivity (Wildman–Crippen MR) is 122 cm³/mol. The van der Waals surface area contributed by atoms with Gasteiger partial charge in [0.25, 0.3) is 11.8 Å². The Morgan fingerprint density at radius 2 is 1.74 bits per heavy atom. The van der Waals surface area contributed by atoms with Gasteiger partial charge in [0.2, 0.25) is 0 Å². The molecule has 1 unspecified atom stereocenters. The normalized spacial score (nSPS) is 11.5. The minimum Gasteiger partial charge on any atom is -0.493 e. The molecule has 2 rings (SSSR count). The number of amides is 2. The molecule has 0 aromatic heterocycles. The number of quaternary nitrogens is 1. The third-order valence-corrected chi connectivity index (χ3v) is 5.35. The Morgan fingerprint density at radius 3 is 2.39 bits per heavy atom. The van der Waals surface area contributed by atoms with Crippen molar-refractivity contribution in [1.82, 2.24) is 4.90 Å². The van der Waals surface area contributed by atoms with E-state index in [1.807, 2.05) is 64.2 Å². The molecule has 2 aromatic carbocycles. The predicted octanol–water partition coefficient (Wildman–Crippen LogP) is 1.82. The van der Waals surface area contributed by atoms with Crippen molar-refractivity contribution >= 4 is 17.5 Å². The molecule has 0 aliphatic carbocycles. The Hall–Kier alpha value is -3.06. The van der Waals surface area contributed by atoms with E-state index in [0.29, 0.717) is 24.6 Å². The van der Waals surface area contributed by atoms with E-state index in [1.165, 1.54) is 0 Å². The summed E-state index contributed by atoms with van der Waals surface area (Å²) in [7, 11) is 5.03. The number of aryl methyl sites for hydroxylation is 1. The van der Waals surface area contributed by atoms with Gasteiger partial charge < -0.3 is 24.6 Å². The van der Waals surface area contributed by atoms with Gasteiger partial charge in [0, 0.05) is 18.8 Å². The van der Waals surface area contributed by atoms with Crippen LogP contribution in [0.5, 0.6) is 11.5 Å². The molecule has 0 fully saturated rings. The third kappa shape index (κ3) is 6.72. The first-order chi connectivity index (χ1) is 14.8. The van der Waals surface area contributed by atoms with Gasteiger partial charge in [-0.05, 0) is 55.7 Å². The Kier molecular flexibility index (Phi) is 8.88. The summed E-state index contributed by atoms with van der Waals surface area (Å²) >= 11 is 0. The molecule has 31 heavy (non-hydrogen) atoms. The van der Waals surface area contributed by atoms with Gasteiger partial charge in [0.15, 0.2) is 24.6 Å². The lowest BCUT2D eigenvalue weighted by molar-refractivity contribution is -0.862. The standard InChI is InChI=1S/C24H33N3O4/c1-7-27(14-19-11-12-21(30-5)22(13-19)31-6)24(29)16-26(4)15-23(28)25-20-10-8-9-17(2)18(20)3/h8-13H,7,14-16H2,1-6H3,(H,25,28)/p+1. The summed E-state index contributed by atoms with van der Waals surface area (Å²) in [4.78, 5) is 27.9. The van der Waals surface area contributed by atoms with Gasteiger partial charge in [-0.3, -0.25) is 9.59 Å². The largest absolute Gasteiger partial charge is 0.493 e. The first-order valence-electron chi connectivity index (χ1n) is 10.4. The highest BCUT2D eigenvalue weighted by atomic mass is 16.5. The summed E-state index contributed by atoms with van der Waals surface area (Å²) < 4.78 is 10.6. The molecule has 0 radical (unpaired) electrons. The fourth-order valence-electron chi connectivity index (χ4n) is 3.36. The maximum absolute atomic E-state index is 12.8. The molecule has 0 spiro atoms. The van der Waals surface area contributed by atoms with Crippen molar-refractivity contribution in [2.24, 2.45) is 0 Å². The second kappa shape index (κ2) is 11.4. The molecule has 2 aromatic rings. The number of nitrogens with zero attached hydrogens (tertiary/aromatic N) is 1. The zero-order valence-electron chi connectivity index (χ0n) is 19.4. The molecule has 0 aliphatic rings. The number of anilines is 1. The first kappa shape index (κ1) is 24.2. The van der Waals surface area contributed by atoms with Crippen LogP contribution in [0.4, 0.5) is 5.69 Å². The van der Waals surface area contributed by atoms with E-state index in [2.05, 4.69) is 5.32 Å². The Morgan fingerprint density at radius 1 is 1.03 bits per heavy atom. The number of likely N-dealkylation sites (N-methyl/N-ethyl adjacent to an activating group) is 2. The zero-order valence-corrected chi connectivity index (χ0v) is 19.4. The highest BCUT2D eigenvalue weighted by Gasteiger charge is 2.20. The van der Waals surface area contributed by atoms with E-state index in [9.17, 15) is 9.59 Å². The number of nitrogens with one attached hydrogen (secondary N) is 2. The van der Waals surface area contributed by atoms with Crippen LogP contribution in [0, 0.1) is 13.8 Å². The van der Waals surface area contributed by atoms with Gasteiger partial charge in [-0.1, -0.05) is 18.2 Å². The second-order valence-electron chi connectivity index (χ2n) is 7.70. The maximum Gasteiger partial charge on any atom is 0.279 e. The molecule has 7 heteroatoms. The molecule has 1 atom stereocenters. The number of benzene rings is 2. The van der Waals surface area contributed by atoms with Crippen molar-refractivity contribution in [3.05, 3.63) is 53.1 Å². The molecule has 168 valence electrons. The zero-order chi connectivity index (χ0) is 23.0. The van der Waals surface area contributed by atoms with Crippen LogP contribution in [0.15, 0.2) is 36.4 Å². The van der Waals surface area contributed by atoms with E-state index < -0.39 is 0 Å². The van der Waals surface area contributed by atoms with E-state index in [-0.39, 0.29) is 24.9 Å². The van der Waals surface area contributed by atoms with Crippen molar-refractivity contribution in [3.63, 3.8) is 0 Å². The summed E-state index contributed by atoms with van der Waals surface area (Å²) in [5, 5.41) is 2.95. The number of methoxy groups -OCH3 is 2. The van der Waals surface area contributed by atoms with Crippen LogP contribution < -0.4 is 19.7 Å². The molecule has 0 saturated carbocycles. The molecular weight excluding hydrogens is 394 g/mol. The van der Waals surface area contributed by atoms with E-state index in [1.54, 1.807) is 19.1 Å². The van der Waals surface area contributed by atoms with E-state index in [0.717, 1.165) is 27.3 Å². The van der Waals surface area contributed by atoms with Gasteiger partial charge in [-0.15, -0.1) is 0 Å². The number of hydrogen-bond acceptors (Lipinski definition) is 4. The Labute approximate surface area is 184 Å². The van der Waals surface area contributed by atoms with Crippen LogP contribution in [0.2, 0.25) is 0 Å². The van der Waals surface area contributed by atoms with Crippen molar-refractivity contribution in [1.29, 1.82) is 0 Å². The second-order valence-corrected chi connectivity index (χ2v) is 7.70. The Balaban J connectivity index is 1.94. The number of hydrogen-bond donors (Lipinski definition) is 2. The number of carbonyl (C=O) groups excluding carboxylic acids is 2. The van der Waals surface area contributed by atoms with Crippen molar-refractivity contribution in [3.8, 4) is 11.5 Å². The summed E-state index contributed by atoms with van der Waals surface area (Å²) in [6, 6.07) is 11.5. The van der Waals surface area contributed by atoms with Crippen LogP contribution in [-0.4, -0.2) is 57.6 Å². The molecule has 2 amide bonds. The van der Waals surface area contributed by atoms with E-state index >= 15 is 0 Å². The summed E-state index contributed by atoms with van der Waals surface area (Å²) in [5.41, 5.74) is 3.95. The van der Waals surface area contributed by atoms with Crippen molar-refractivity contribution in [2.45, 2.75) is 27.3 Å². The smallest absolute Gasteiger partial charge is 0.279 e. The fraction of sp³-hybridized carbons (Fsp3) is 0.417. The van der Waals surface area contributed by atoms with Crippen LogP contribution >= 0.6 is 0 Å². The molecule has 0 bridgehead atoms. The third-order valence-electron chi connectivity index (χ3n) is 5.35. The number of ether oxygens (including phenoxy) is 2. The molecule has 2 N–H and O–H groups in total. The van der Waals surface area contributed by atoms with Gasteiger partial charge in [0.1, 0.15) is 0 Å². The van der Waals surface area contributed by atoms with E-state index in [4.69, 9.17) is 9.47 Å². The average Bonchev–Trinajstić information content (AvgIpc) is 2.74. The molecular formula is C24H34N3O4+. The minimum absolute atomic E-state index is 0.00526. The van der Waals surface area contributed by atoms with Crippen molar-refractivity contribution in [2.75, 3.05) is 46.2 Å².